The molecule has 1 heterocycles. The molecule has 0 aliphatic rings. The van der Waals surface area contributed by atoms with Crippen molar-refractivity contribution < 1.29 is 18.8 Å². The molecule has 0 saturated carbocycles. The first kappa shape index (κ1) is 13.9. The molecule has 0 saturated heterocycles. The molecule has 0 bridgehead atoms. The van der Waals surface area contributed by atoms with Gasteiger partial charge in [-0.15, -0.1) is 0 Å². The average Bonchev–Trinajstić information content (AvgIpc) is 2.89. The lowest BCUT2D eigenvalue weighted by atomic mass is 10.3. The van der Waals surface area contributed by atoms with E-state index in [0.717, 1.165) is 4.90 Å². The molecular weight excluding hydrogens is 238 g/mol. The van der Waals surface area contributed by atoms with Crippen LogP contribution in [0.4, 0.5) is 0 Å². The minimum Gasteiger partial charge on any atom is -0.467 e. The number of nitrogens with one attached hydrogen (secondary N) is 1. The monoisotopic (exact) mass is 253 g/mol. The predicted molar refractivity (Wildman–Crippen MR) is 62.0 cm³/mol. The highest BCUT2D eigenvalue weighted by molar-refractivity contribution is 6.36. The van der Waals surface area contributed by atoms with Crippen LogP contribution in [0.15, 0.2) is 22.8 Å². The molecule has 98 valence electrons. The van der Waals surface area contributed by atoms with E-state index in [1.165, 1.54) is 6.26 Å². The Morgan fingerprint density at radius 3 is 2.83 bits per heavy atom. The molecule has 1 aromatic rings. The van der Waals surface area contributed by atoms with Gasteiger partial charge >= 0.3 is 11.8 Å². The third kappa shape index (κ3) is 4.02. The molecule has 1 rings (SSSR count). The van der Waals surface area contributed by atoms with Gasteiger partial charge in [0.1, 0.15) is 5.76 Å². The molecule has 7 heteroatoms. The molecule has 0 atom stereocenters. The molecule has 7 nitrogen and oxygen atoms in total. The van der Waals surface area contributed by atoms with E-state index in [0.29, 0.717) is 25.1 Å². The second-order valence-corrected chi connectivity index (χ2v) is 3.51. The Kier molecular flexibility index (Phi) is 5.59. The van der Waals surface area contributed by atoms with Crippen molar-refractivity contribution in [3.05, 3.63) is 24.2 Å². The zero-order valence-corrected chi connectivity index (χ0v) is 9.80. The second kappa shape index (κ2) is 7.23. The summed E-state index contributed by atoms with van der Waals surface area (Å²) >= 11 is 0. The molecule has 3 amide bonds. The molecule has 0 spiro atoms. The maximum atomic E-state index is 11.6. The van der Waals surface area contributed by atoms with E-state index in [1.807, 2.05) is 0 Å². The van der Waals surface area contributed by atoms with Gasteiger partial charge in [0.05, 0.1) is 12.8 Å². The van der Waals surface area contributed by atoms with Crippen LogP contribution in [-0.4, -0.2) is 36.2 Å². The number of hydrogen-bond donors (Lipinski definition) is 2. The van der Waals surface area contributed by atoms with Crippen LogP contribution < -0.4 is 11.1 Å². The maximum Gasteiger partial charge on any atom is 0.318 e. The molecule has 3 N–H and O–H groups in total. The highest BCUT2D eigenvalue weighted by Crippen LogP contribution is 1.98. The zero-order valence-electron chi connectivity index (χ0n) is 9.80. The molecule has 0 aliphatic heterocycles. The van der Waals surface area contributed by atoms with Crippen LogP contribution in [-0.2, 0) is 20.9 Å². The van der Waals surface area contributed by atoms with Gasteiger partial charge in [0, 0.05) is 6.54 Å². The Hall–Kier alpha value is -2.15. The highest BCUT2D eigenvalue weighted by atomic mass is 16.3. The van der Waals surface area contributed by atoms with Crippen LogP contribution in [0.5, 0.6) is 0 Å². The summed E-state index contributed by atoms with van der Waals surface area (Å²) in [5, 5.41) is 2.36. The largest absolute Gasteiger partial charge is 0.467 e. The van der Waals surface area contributed by atoms with Crippen molar-refractivity contribution in [3.8, 4) is 0 Å². The van der Waals surface area contributed by atoms with Gasteiger partial charge in [0.15, 0.2) is 0 Å². The molecular formula is C11H15N3O4. The summed E-state index contributed by atoms with van der Waals surface area (Å²) in [4.78, 5) is 34.5. The quantitative estimate of drug-likeness (QED) is 0.511. The summed E-state index contributed by atoms with van der Waals surface area (Å²) < 4.78 is 4.99. The number of rotatable bonds is 6. The van der Waals surface area contributed by atoms with Crippen LogP contribution in [0.2, 0.25) is 0 Å². The van der Waals surface area contributed by atoms with Gasteiger partial charge < -0.3 is 15.5 Å². The normalized spacial score (nSPS) is 9.83. The van der Waals surface area contributed by atoms with Crippen molar-refractivity contribution in [3.63, 3.8) is 0 Å². The topological polar surface area (TPSA) is 106 Å². The number of nitrogens with two attached hydrogens (primary N) is 1. The lowest BCUT2D eigenvalue weighted by Crippen LogP contribution is -2.42. The Labute approximate surface area is 104 Å². The fraction of sp³-hybridized carbons (Fsp3) is 0.364. The van der Waals surface area contributed by atoms with E-state index in [2.05, 4.69) is 5.32 Å². The summed E-state index contributed by atoms with van der Waals surface area (Å²) in [6.07, 6.45) is 2.24. The number of imide groups is 1. The van der Waals surface area contributed by atoms with Crippen molar-refractivity contribution in [2.45, 2.75) is 13.0 Å². The third-order valence-corrected chi connectivity index (χ3v) is 2.19. The summed E-state index contributed by atoms with van der Waals surface area (Å²) in [7, 11) is 0. The van der Waals surface area contributed by atoms with Gasteiger partial charge in [-0.1, -0.05) is 0 Å². The SMILES string of the molecule is NCCCN(C=O)C(=O)C(=O)NCc1ccco1. The molecule has 0 fully saturated rings. The van der Waals surface area contributed by atoms with Gasteiger partial charge in [-0.05, 0) is 25.1 Å². The molecule has 0 aliphatic carbocycles. The van der Waals surface area contributed by atoms with Crippen LogP contribution in [0.3, 0.4) is 0 Å². The lowest BCUT2D eigenvalue weighted by Gasteiger charge is -2.13. The van der Waals surface area contributed by atoms with Crippen LogP contribution in [0, 0.1) is 0 Å². The van der Waals surface area contributed by atoms with Crippen LogP contribution in [0.1, 0.15) is 12.2 Å². The zero-order chi connectivity index (χ0) is 13.4. The van der Waals surface area contributed by atoms with Gasteiger partial charge in [0.25, 0.3) is 0 Å². The van der Waals surface area contributed by atoms with Crippen molar-refractivity contribution in [1.82, 2.24) is 10.2 Å². The molecule has 18 heavy (non-hydrogen) atoms. The Bertz CT molecular complexity index is 402. The first-order chi connectivity index (χ1) is 8.69. The van der Waals surface area contributed by atoms with E-state index in [4.69, 9.17) is 10.2 Å². The number of nitrogens with zero attached hydrogens (tertiary/aromatic N) is 1. The van der Waals surface area contributed by atoms with E-state index in [-0.39, 0.29) is 13.1 Å². The second-order valence-electron chi connectivity index (χ2n) is 3.51. The van der Waals surface area contributed by atoms with Crippen LogP contribution in [0.25, 0.3) is 0 Å². The minimum atomic E-state index is -0.898. The van der Waals surface area contributed by atoms with Crippen molar-refractivity contribution in [2.24, 2.45) is 5.73 Å². The van der Waals surface area contributed by atoms with E-state index in [9.17, 15) is 14.4 Å². The van der Waals surface area contributed by atoms with E-state index in [1.54, 1.807) is 12.1 Å². The van der Waals surface area contributed by atoms with Gasteiger partial charge in [-0.2, -0.15) is 0 Å². The van der Waals surface area contributed by atoms with Gasteiger partial charge in [0.2, 0.25) is 6.41 Å². The minimum absolute atomic E-state index is 0.0984. The lowest BCUT2D eigenvalue weighted by molar-refractivity contribution is -0.148. The maximum absolute atomic E-state index is 11.6. The first-order valence-electron chi connectivity index (χ1n) is 5.45. The number of furan rings is 1. The molecule has 0 aromatic carbocycles. The predicted octanol–water partition coefficient (Wildman–Crippen LogP) is -0.770. The number of carbonyl (C=O) groups is 3. The Morgan fingerprint density at radius 1 is 1.50 bits per heavy atom. The smallest absolute Gasteiger partial charge is 0.318 e. The molecule has 0 radical (unpaired) electrons. The van der Waals surface area contributed by atoms with Gasteiger partial charge in [-0.3, -0.25) is 19.3 Å². The fourth-order valence-electron chi connectivity index (χ4n) is 1.25. The fourth-order valence-corrected chi connectivity index (χ4v) is 1.25. The third-order valence-electron chi connectivity index (χ3n) is 2.19. The van der Waals surface area contributed by atoms with Crippen LogP contribution >= 0.6 is 0 Å². The Balaban J connectivity index is 2.44. The van der Waals surface area contributed by atoms with Crippen molar-refractivity contribution >= 4 is 18.2 Å². The number of hydrogen-bond acceptors (Lipinski definition) is 5. The first-order valence-corrected chi connectivity index (χ1v) is 5.45. The average molecular weight is 253 g/mol. The number of carbonyl (C=O) groups excluding carboxylic acids is 3. The van der Waals surface area contributed by atoms with Crippen molar-refractivity contribution in [1.29, 1.82) is 0 Å². The standard InChI is InChI=1S/C11H15N3O4/c12-4-2-5-14(8-15)11(17)10(16)13-7-9-3-1-6-18-9/h1,3,6,8H,2,4-5,7,12H2,(H,13,16). The van der Waals surface area contributed by atoms with Gasteiger partial charge in [-0.25, -0.2) is 0 Å². The molecule has 1 aromatic heterocycles. The summed E-state index contributed by atoms with van der Waals surface area (Å²) in [6, 6.07) is 3.33. The van der Waals surface area contributed by atoms with Crippen molar-refractivity contribution in [2.75, 3.05) is 13.1 Å². The summed E-state index contributed by atoms with van der Waals surface area (Å²) in [5.74, 6) is -1.23. The van der Waals surface area contributed by atoms with E-state index < -0.39 is 11.8 Å². The number of amides is 3. The molecule has 0 unspecified atom stereocenters. The summed E-state index contributed by atoms with van der Waals surface area (Å²) in [5.41, 5.74) is 5.26. The Morgan fingerprint density at radius 2 is 2.28 bits per heavy atom. The highest BCUT2D eigenvalue weighted by Gasteiger charge is 2.20. The summed E-state index contributed by atoms with van der Waals surface area (Å²) in [6.45, 7) is 0.569. The van der Waals surface area contributed by atoms with E-state index >= 15 is 0 Å².